The van der Waals surface area contributed by atoms with Crippen molar-refractivity contribution < 1.29 is 17.9 Å². The summed E-state index contributed by atoms with van der Waals surface area (Å²) >= 11 is 0. The molecule has 0 bridgehead atoms. The van der Waals surface area contributed by atoms with Crippen molar-refractivity contribution in [2.75, 3.05) is 7.11 Å². The number of carbonyl (C=O) groups is 1. The van der Waals surface area contributed by atoms with E-state index in [0.29, 0.717) is 34.9 Å². The van der Waals surface area contributed by atoms with Crippen molar-refractivity contribution in [3.8, 4) is 0 Å². The maximum Gasteiger partial charge on any atom is 0.337 e. The lowest BCUT2D eigenvalue weighted by molar-refractivity contribution is -0.218. The number of benzene rings is 1. The summed E-state index contributed by atoms with van der Waals surface area (Å²) in [4.78, 5) is 16.5. The number of ether oxygens (including phenoxy) is 1. The largest absolute Gasteiger partial charge is 0.465 e. The van der Waals surface area contributed by atoms with Crippen LogP contribution in [0.1, 0.15) is 121 Å². The van der Waals surface area contributed by atoms with E-state index in [1.807, 2.05) is 30.3 Å². The number of fused-ring (bicyclic) bond motifs is 7. The second-order valence-corrected chi connectivity index (χ2v) is 19.9. The Morgan fingerprint density at radius 1 is 0.920 bits per heavy atom. The van der Waals surface area contributed by atoms with Gasteiger partial charge in [0.2, 0.25) is 10.0 Å². The third-order valence-electron chi connectivity index (χ3n) is 15.7. The molecule has 50 heavy (non-hydrogen) atoms. The van der Waals surface area contributed by atoms with Gasteiger partial charge in [-0.25, -0.2) is 17.9 Å². The van der Waals surface area contributed by atoms with E-state index in [1.54, 1.807) is 6.20 Å². The summed E-state index contributed by atoms with van der Waals surface area (Å²) < 4.78 is 36.1. The molecule has 1 aromatic carbocycles. The summed E-state index contributed by atoms with van der Waals surface area (Å²) in [5.41, 5.74) is 4.98. The number of hydrogen-bond acceptors (Lipinski definition) is 5. The first-order valence-corrected chi connectivity index (χ1v) is 20.6. The second kappa shape index (κ2) is 12.1. The third-order valence-corrected chi connectivity index (χ3v) is 17.1. The van der Waals surface area contributed by atoms with E-state index in [-0.39, 0.29) is 39.3 Å². The molecule has 4 saturated carbocycles. The molecule has 5 aliphatic rings. The van der Waals surface area contributed by atoms with Gasteiger partial charge in [0.25, 0.3) is 0 Å². The lowest BCUT2D eigenvalue weighted by Crippen LogP contribution is -2.68. The number of carbonyl (C=O) groups excluding carboxylic acids is 1. The van der Waals surface area contributed by atoms with Crippen molar-refractivity contribution in [3.63, 3.8) is 0 Å². The zero-order valence-corrected chi connectivity index (χ0v) is 32.2. The van der Waals surface area contributed by atoms with E-state index in [1.165, 1.54) is 43.1 Å². The standard InChI is InChI=1S/C43H58N2O4S/c1-28(2)32-18-23-43(45-50(47,48)27-31-11-9-10-26-44-31)25-24-41(6)34(37(32)43)16-17-36-40(5)21-19-33(29-12-14-30(15-13-29)38(46)49-8)39(3,4)35(40)20-22-42(36,41)7/h9-15,19,26,32,34-37,45H,1,16-18,20-25,27H2,2-8H3. The Bertz CT molecular complexity index is 1800. The molecule has 9 atom stereocenters. The Labute approximate surface area is 301 Å². The predicted molar refractivity (Wildman–Crippen MR) is 200 cm³/mol. The molecule has 2 aromatic rings. The first-order chi connectivity index (χ1) is 23.5. The monoisotopic (exact) mass is 698 g/mol. The maximum atomic E-state index is 13.9. The molecule has 0 spiro atoms. The van der Waals surface area contributed by atoms with Gasteiger partial charge in [-0.2, -0.15) is 0 Å². The fourth-order valence-electron chi connectivity index (χ4n) is 13.4. The van der Waals surface area contributed by atoms with Gasteiger partial charge in [-0.05, 0) is 151 Å². The summed E-state index contributed by atoms with van der Waals surface area (Å²) in [5, 5.41) is 0. The number of sulfonamides is 1. The van der Waals surface area contributed by atoms with Crippen LogP contribution in [0.3, 0.4) is 0 Å². The maximum absolute atomic E-state index is 13.9. The fourth-order valence-corrected chi connectivity index (χ4v) is 14.9. The normalized spacial score (nSPS) is 38.9. The summed E-state index contributed by atoms with van der Waals surface area (Å²) in [7, 11) is -2.16. The molecular formula is C43H58N2O4S. The Hall–Kier alpha value is -2.77. The topological polar surface area (TPSA) is 85.4 Å². The molecule has 0 radical (unpaired) electrons. The van der Waals surface area contributed by atoms with E-state index < -0.39 is 15.6 Å². The molecule has 0 amide bonds. The Kier molecular flexibility index (Phi) is 8.66. The molecule has 4 fully saturated rings. The summed E-state index contributed by atoms with van der Waals surface area (Å²) in [6.07, 6.45) is 13.8. The number of esters is 1. The van der Waals surface area contributed by atoms with E-state index >= 15 is 0 Å². The van der Waals surface area contributed by atoms with Crippen LogP contribution in [-0.2, 0) is 20.5 Å². The van der Waals surface area contributed by atoms with Crippen LogP contribution in [0.25, 0.3) is 5.57 Å². The van der Waals surface area contributed by atoms with Crippen molar-refractivity contribution in [2.45, 2.75) is 111 Å². The van der Waals surface area contributed by atoms with Gasteiger partial charge in [0.15, 0.2) is 0 Å². The van der Waals surface area contributed by atoms with Crippen LogP contribution >= 0.6 is 0 Å². The minimum absolute atomic E-state index is 0.0109. The molecule has 1 N–H and O–H groups in total. The van der Waals surface area contributed by atoms with Crippen LogP contribution in [0, 0.1) is 51.2 Å². The van der Waals surface area contributed by atoms with Crippen LogP contribution in [0.2, 0.25) is 0 Å². The SMILES string of the molecule is C=C(C)C1CCC2(NS(=O)(=O)Cc3ccccn3)CCC3(C)C(CCC4C5(C)CC=C(c6ccc(C(=O)OC)cc6)C(C)(C)C5CCC43C)C12. The van der Waals surface area contributed by atoms with Gasteiger partial charge in [-0.3, -0.25) is 4.98 Å². The molecule has 9 unspecified atom stereocenters. The number of nitrogens with one attached hydrogen (secondary N) is 1. The minimum atomic E-state index is -3.59. The molecular weight excluding hydrogens is 641 g/mol. The molecule has 1 heterocycles. The van der Waals surface area contributed by atoms with Crippen molar-refractivity contribution in [2.24, 2.45) is 51.2 Å². The highest BCUT2D eigenvalue weighted by Gasteiger charge is 2.70. The summed E-state index contributed by atoms with van der Waals surface area (Å²) in [6.45, 7) is 19.4. The fraction of sp³-hybridized carbons (Fsp3) is 0.628. The number of nitrogens with zero attached hydrogens (tertiary/aromatic N) is 1. The molecule has 1 aromatic heterocycles. The van der Waals surface area contributed by atoms with Crippen molar-refractivity contribution in [1.82, 2.24) is 9.71 Å². The van der Waals surface area contributed by atoms with Crippen molar-refractivity contribution in [3.05, 3.63) is 83.7 Å². The predicted octanol–water partition coefficient (Wildman–Crippen LogP) is 9.39. The number of hydrogen-bond donors (Lipinski definition) is 1. The first kappa shape index (κ1) is 35.6. The highest BCUT2D eigenvalue weighted by atomic mass is 32.2. The van der Waals surface area contributed by atoms with Crippen molar-refractivity contribution >= 4 is 21.6 Å². The summed E-state index contributed by atoms with van der Waals surface area (Å²) in [5.74, 6) is 1.77. The second-order valence-electron chi connectivity index (χ2n) is 18.1. The summed E-state index contributed by atoms with van der Waals surface area (Å²) in [6, 6.07) is 13.5. The molecule has 0 saturated heterocycles. The first-order valence-electron chi connectivity index (χ1n) is 19.0. The zero-order valence-electron chi connectivity index (χ0n) is 31.3. The average molecular weight is 699 g/mol. The Morgan fingerprint density at radius 2 is 1.66 bits per heavy atom. The van der Waals surface area contributed by atoms with Gasteiger partial charge in [0.1, 0.15) is 5.75 Å². The number of aromatic nitrogens is 1. The van der Waals surface area contributed by atoms with Crippen LogP contribution in [0.15, 0.2) is 66.9 Å². The molecule has 7 heteroatoms. The van der Waals surface area contributed by atoms with Crippen LogP contribution in [0.4, 0.5) is 0 Å². The van der Waals surface area contributed by atoms with Crippen LogP contribution < -0.4 is 4.72 Å². The third kappa shape index (κ3) is 5.30. The molecule has 0 aliphatic heterocycles. The lowest BCUT2D eigenvalue weighted by Gasteiger charge is -2.72. The van der Waals surface area contributed by atoms with Gasteiger partial charge in [-0.15, -0.1) is 0 Å². The number of pyridine rings is 1. The van der Waals surface area contributed by atoms with Crippen LogP contribution in [-0.4, -0.2) is 32.0 Å². The Morgan fingerprint density at radius 3 is 2.32 bits per heavy atom. The highest BCUT2D eigenvalue weighted by molar-refractivity contribution is 7.88. The lowest BCUT2D eigenvalue weighted by atomic mass is 9.33. The minimum Gasteiger partial charge on any atom is -0.465 e. The highest BCUT2D eigenvalue weighted by Crippen LogP contribution is 2.76. The van der Waals surface area contributed by atoms with Crippen molar-refractivity contribution in [1.29, 1.82) is 0 Å². The van der Waals surface area contributed by atoms with Gasteiger partial charge < -0.3 is 4.74 Å². The van der Waals surface area contributed by atoms with E-state index in [2.05, 4.69) is 76.0 Å². The molecule has 7 rings (SSSR count). The number of methoxy groups -OCH3 is 1. The average Bonchev–Trinajstić information content (AvgIpc) is 3.44. The van der Waals surface area contributed by atoms with Crippen LogP contribution in [0.5, 0.6) is 0 Å². The van der Waals surface area contributed by atoms with Gasteiger partial charge >= 0.3 is 5.97 Å². The quantitative estimate of drug-likeness (QED) is 0.230. The smallest absolute Gasteiger partial charge is 0.337 e. The van der Waals surface area contributed by atoms with Gasteiger partial charge in [-0.1, -0.05) is 71.0 Å². The molecule has 270 valence electrons. The number of allylic oxidation sites excluding steroid dienone is 3. The van der Waals surface area contributed by atoms with Gasteiger partial charge in [0, 0.05) is 11.7 Å². The zero-order chi connectivity index (χ0) is 35.9. The molecule has 6 nitrogen and oxygen atoms in total. The van der Waals surface area contributed by atoms with E-state index in [0.717, 1.165) is 38.5 Å². The van der Waals surface area contributed by atoms with E-state index in [4.69, 9.17) is 4.74 Å². The van der Waals surface area contributed by atoms with Gasteiger partial charge in [0.05, 0.1) is 18.4 Å². The van der Waals surface area contributed by atoms with E-state index in [9.17, 15) is 13.2 Å². The number of rotatable bonds is 7. The molecule has 5 aliphatic carbocycles. The Balaban J connectivity index is 1.20.